The lowest BCUT2D eigenvalue weighted by atomic mass is 10.0. The van der Waals surface area contributed by atoms with E-state index in [1.54, 1.807) is 24.3 Å². The minimum Gasteiger partial charge on any atom is -0.410 e. The van der Waals surface area contributed by atoms with Crippen LogP contribution in [0.4, 0.5) is 11.4 Å². The zero-order chi connectivity index (χ0) is 13.6. The Hall–Kier alpha value is -2.96. The number of non-ortho nitro benzene ring substituents is 1. The molecule has 7 heteroatoms. The topological polar surface area (TPSA) is 105 Å². The van der Waals surface area contributed by atoms with Crippen molar-refractivity contribution in [1.82, 2.24) is 0 Å². The molecule has 0 aromatic heterocycles. The molecule has 0 unspecified atom stereocenters. The van der Waals surface area contributed by atoms with Crippen molar-refractivity contribution in [2.45, 2.75) is 0 Å². The Kier molecular flexibility index (Phi) is 2.21. The molecule has 0 atom stereocenters. The van der Waals surface area contributed by atoms with E-state index in [0.29, 0.717) is 16.5 Å². The molecule has 2 aromatic carbocycles. The second-order valence-electron chi connectivity index (χ2n) is 4.02. The van der Waals surface area contributed by atoms with Gasteiger partial charge >= 0.3 is 0 Å². The lowest BCUT2D eigenvalue weighted by molar-refractivity contribution is -0.383. The van der Waals surface area contributed by atoms with Crippen molar-refractivity contribution < 1.29 is 14.9 Å². The number of fused-ring (bicyclic) bond motifs is 3. The van der Waals surface area contributed by atoms with E-state index in [0.717, 1.165) is 0 Å². The maximum absolute atomic E-state index is 11.6. The number of nitro groups is 1. The van der Waals surface area contributed by atoms with Crippen molar-refractivity contribution in [1.29, 1.82) is 0 Å². The zero-order valence-electron chi connectivity index (χ0n) is 9.45. The van der Waals surface area contributed by atoms with Crippen LogP contribution in [0, 0.1) is 10.1 Å². The summed E-state index contributed by atoms with van der Waals surface area (Å²) in [6.45, 7) is 0. The van der Waals surface area contributed by atoms with Gasteiger partial charge in [-0.2, -0.15) is 0 Å². The molecule has 3 rings (SSSR count). The Morgan fingerprint density at radius 3 is 2.58 bits per heavy atom. The van der Waals surface area contributed by atoms with E-state index in [2.05, 4.69) is 10.5 Å². The molecule has 0 radical (unpaired) electrons. The number of carbonyl (C=O) groups is 1. The molecular formula is C12H7N3O4. The summed E-state index contributed by atoms with van der Waals surface area (Å²) >= 11 is 0. The van der Waals surface area contributed by atoms with Crippen LogP contribution < -0.4 is 5.32 Å². The third kappa shape index (κ3) is 1.45. The van der Waals surface area contributed by atoms with Crippen molar-refractivity contribution in [2.75, 3.05) is 5.32 Å². The molecule has 1 amide bonds. The van der Waals surface area contributed by atoms with Gasteiger partial charge in [-0.05, 0) is 6.07 Å². The second kappa shape index (κ2) is 3.77. The average Bonchev–Trinajstić information content (AvgIpc) is 2.73. The summed E-state index contributed by atoms with van der Waals surface area (Å²) in [5.41, 5.74) is 0.313. The first-order chi connectivity index (χ1) is 9.13. The molecule has 0 fully saturated rings. The molecule has 7 nitrogen and oxygen atoms in total. The number of oxime groups is 1. The van der Waals surface area contributed by atoms with Crippen molar-refractivity contribution in [3.8, 4) is 0 Å². The van der Waals surface area contributed by atoms with Gasteiger partial charge < -0.3 is 10.5 Å². The van der Waals surface area contributed by atoms with Crippen molar-refractivity contribution in [2.24, 2.45) is 5.16 Å². The first kappa shape index (κ1) is 11.1. The number of amides is 1. The lowest BCUT2D eigenvalue weighted by Gasteiger charge is -2.05. The highest BCUT2D eigenvalue weighted by Gasteiger charge is 2.31. The predicted molar refractivity (Wildman–Crippen MR) is 67.6 cm³/mol. The van der Waals surface area contributed by atoms with Gasteiger partial charge in [0, 0.05) is 17.0 Å². The molecule has 0 spiro atoms. The molecule has 19 heavy (non-hydrogen) atoms. The van der Waals surface area contributed by atoms with Crippen molar-refractivity contribution in [3.63, 3.8) is 0 Å². The molecule has 0 aliphatic carbocycles. The largest absolute Gasteiger partial charge is 0.410 e. The summed E-state index contributed by atoms with van der Waals surface area (Å²) in [4.78, 5) is 22.2. The van der Waals surface area contributed by atoms with Crippen LogP contribution in [0.2, 0.25) is 0 Å². The second-order valence-corrected chi connectivity index (χ2v) is 4.02. The predicted octanol–water partition coefficient (Wildman–Crippen LogP) is 1.88. The molecule has 2 N–H and O–H groups in total. The fourth-order valence-electron chi connectivity index (χ4n) is 2.22. The van der Waals surface area contributed by atoms with E-state index in [9.17, 15) is 14.9 Å². The molecule has 0 bridgehead atoms. The van der Waals surface area contributed by atoms with Gasteiger partial charge in [0.25, 0.3) is 11.6 Å². The molecule has 2 aromatic rings. The number of hydrogen-bond acceptors (Lipinski definition) is 5. The summed E-state index contributed by atoms with van der Waals surface area (Å²) < 4.78 is 0. The Morgan fingerprint density at radius 2 is 1.95 bits per heavy atom. The Bertz CT molecular complexity index is 767. The Labute approximate surface area is 106 Å². The number of carbonyl (C=O) groups excluding carboxylic acids is 1. The van der Waals surface area contributed by atoms with Crippen LogP contribution in [0.25, 0.3) is 10.8 Å². The van der Waals surface area contributed by atoms with Gasteiger partial charge in [0.05, 0.1) is 16.0 Å². The summed E-state index contributed by atoms with van der Waals surface area (Å²) in [6.07, 6.45) is 0. The lowest BCUT2D eigenvalue weighted by Crippen LogP contribution is -2.14. The molecule has 1 heterocycles. The maximum Gasteiger partial charge on any atom is 0.278 e. The van der Waals surface area contributed by atoms with Crippen LogP contribution in [-0.2, 0) is 4.79 Å². The molecule has 94 valence electrons. The third-order valence-corrected chi connectivity index (χ3v) is 3.03. The summed E-state index contributed by atoms with van der Waals surface area (Å²) in [7, 11) is 0. The van der Waals surface area contributed by atoms with E-state index >= 15 is 0 Å². The minimum absolute atomic E-state index is 0.132. The van der Waals surface area contributed by atoms with Crippen LogP contribution in [0.3, 0.4) is 0 Å². The van der Waals surface area contributed by atoms with Gasteiger partial charge in [0.1, 0.15) is 0 Å². The number of nitrogens with one attached hydrogen (secondary N) is 1. The first-order valence-electron chi connectivity index (χ1n) is 5.37. The molecule has 1 aliphatic rings. The third-order valence-electron chi connectivity index (χ3n) is 3.03. The van der Waals surface area contributed by atoms with E-state index in [1.165, 1.54) is 6.07 Å². The number of rotatable bonds is 1. The average molecular weight is 257 g/mol. The summed E-state index contributed by atoms with van der Waals surface area (Å²) in [6, 6.07) is 7.91. The van der Waals surface area contributed by atoms with Crippen LogP contribution >= 0.6 is 0 Å². The van der Waals surface area contributed by atoms with Crippen LogP contribution in [0.5, 0.6) is 0 Å². The quantitative estimate of drug-likeness (QED) is 0.462. The summed E-state index contributed by atoms with van der Waals surface area (Å²) in [5.74, 6) is -0.580. The van der Waals surface area contributed by atoms with Crippen molar-refractivity contribution in [3.05, 3.63) is 46.0 Å². The van der Waals surface area contributed by atoms with E-state index in [4.69, 9.17) is 5.21 Å². The standard InChI is InChI=1S/C12H7N3O4/c16-12-11(14-17)8-5-9(15(18)19)6-3-1-2-4-7(6)10(8)13-12/h1-5,17H,(H,13,14,16). The minimum atomic E-state index is -0.580. The smallest absolute Gasteiger partial charge is 0.278 e. The highest BCUT2D eigenvalue weighted by atomic mass is 16.6. The fourth-order valence-corrected chi connectivity index (χ4v) is 2.22. The number of hydrogen-bond donors (Lipinski definition) is 2. The van der Waals surface area contributed by atoms with Gasteiger partial charge in [-0.1, -0.05) is 23.4 Å². The zero-order valence-corrected chi connectivity index (χ0v) is 9.45. The van der Waals surface area contributed by atoms with Crippen LogP contribution in [0.15, 0.2) is 35.5 Å². The molecular weight excluding hydrogens is 250 g/mol. The highest BCUT2D eigenvalue weighted by Crippen LogP contribution is 2.37. The Balaban J connectivity index is 2.46. The van der Waals surface area contributed by atoms with Gasteiger partial charge in [0.2, 0.25) is 0 Å². The number of nitro benzene ring substituents is 1. The highest BCUT2D eigenvalue weighted by molar-refractivity contribution is 6.55. The monoisotopic (exact) mass is 257 g/mol. The van der Waals surface area contributed by atoms with Gasteiger partial charge in [0.15, 0.2) is 5.71 Å². The van der Waals surface area contributed by atoms with Gasteiger partial charge in [-0.25, -0.2) is 0 Å². The molecule has 1 aliphatic heterocycles. The maximum atomic E-state index is 11.6. The van der Waals surface area contributed by atoms with E-state index in [1.807, 2.05) is 0 Å². The molecule has 0 saturated carbocycles. The SMILES string of the molecule is O=C1Nc2c(cc([N+](=O)[O-])c3ccccc23)/C1=N/O. The van der Waals surface area contributed by atoms with E-state index < -0.39 is 10.8 Å². The molecule has 0 saturated heterocycles. The van der Waals surface area contributed by atoms with Crippen molar-refractivity contribution >= 4 is 33.8 Å². The summed E-state index contributed by atoms with van der Waals surface area (Å²) in [5, 5.41) is 26.3. The number of nitrogens with zero attached hydrogens (tertiary/aromatic N) is 2. The number of anilines is 1. The first-order valence-corrected chi connectivity index (χ1v) is 5.37. The van der Waals surface area contributed by atoms with Crippen LogP contribution in [-0.4, -0.2) is 21.7 Å². The Morgan fingerprint density at radius 1 is 1.26 bits per heavy atom. The van der Waals surface area contributed by atoms with Gasteiger partial charge in [-0.15, -0.1) is 0 Å². The van der Waals surface area contributed by atoms with Gasteiger partial charge in [-0.3, -0.25) is 14.9 Å². The fraction of sp³-hybridized carbons (Fsp3) is 0. The van der Waals surface area contributed by atoms with Crippen LogP contribution in [0.1, 0.15) is 5.56 Å². The normalized spacial score (nSPS) is 15.6. The number of benzene rings is 2. The van der Waals surface area contributed by atoms with E-state index in [-0.39, 0.29) is 17.0 Å².